The first-order chi connectivity index (χ1) is 12.6. The van der Waals surface area contributed by atoms with Gasteiger partial charge in [-0.1, -0.05) is 6.07 Å². The first-order valence-corrected chi connectivity index (χ1v) is 8.48. The minimum absolute atomic E-state index is 0.0278. The van der Waals surface area contributed by atoms with Crippen LogP contribution in [0.15, 0.2) is 36.7 Å². The zero-order valence-corrected chi connectivity index (χ0v) is 14.4. The molecule has 0 atom stereocenters. The highest BCUT2D eigenvalue weighted by atomic mass is 19.1. The summed E-state index contributed by atoms with van der Waals surface area (Å²) in [5.74, 6) is 0.191. The van der Waals surface area contributed by atoms with Crippen LogP contribution in [-0.2, 0) is 0 Å². The van der Waals surface area contributed by atoms with Crippen LogP contribution in [0.25, 0.3) is 0 Å². The van der Waals surface area contributed by atoms with E-state index in [1.54, 1.807) is 19.2 Å². The number of rotatable bonds is 5. The average molecular weight is 360 g/mol. The normalized spacial score (nSPS) is 19.5. The predicted octanol–water partition coefficient (Wildman–Crippen LogP) is 3.14. The Morgan fingerprint density at radius 3 is 2.62 bits per heavy atom. The fraction of sp³-hybridized carbons (Fsp3) is 0.389. The maximum absolute atomic E-state index is 12.8. The summed E-state index contributed by atoms with van der Waals surface area (Å²) in [5, 5.41) is 5.77. The van der Waals surface area contributed by atoms with E-state index in [4.69, 9.17) is 9.47 Å². The first kappa shape index (κ1) is 17.9. The molecule has 1 saturated carbocycles. The molecule has 0 unspecified atom stereocenters. The third kappa shape index (κ3) is 5.05. The topological polar surface area (TPSA) is 85.4 Å². The second-order valence-corrected chi connectivity index (χ2v) is 6.11. The zero-order valence-electron chi connectivity index (χ0n) is 14.4. The minimum Gasteiger partial charge on any atom is -0.497 e. The third-order valence-electron chi connectivity index (χ3n) is 4.21. The molecule has 0 aliphatic heterocycles. The van der Waals surface area contributed by atoms with Gasteiger partial charge in [-0.15, -0.1) is 0 Å². The van der Waals surface area contributed by atoms with E-state index in [1.165, 1.54) is 0 Å². The van der Waals surface area contributed by atoms with Crippen LogP contribution in [0.4, 0.5) is 14.9 Å². The van der Waals surface area contributed by atoms with Crippen LogP contribution in [0.2, 0.25) is 0 Å². The molecule has 1 aromatic heterocycles. The first-order valence-electron chi connectivity index (χ1n) is 8.48. The number of carbonyl (C=O) groups excluding carboxylic acids is 1. The highest BCUT2D eigenvalue weighted by molar-refractivity contribution is 5.89. The molecule has 8 heteroatoms. The number of halogens is 1. The van der Waals surface area contributed by atoms with Gasteiger partial charge in [0, 0.05) is 17.8 Å². The number of hydrogen-bond acceptors (Lipinski definition) is 5. The number of carbonyl (C=O) groups is 1. The Bertz CT molecular complexity index is 733. The molecule has 138 valence electrons. The van der Waals surface area contributed by atoms with Gasteiger partial charge >= 0.3 is 12.0 Å². The molecule has 1 aliphatic rings. The third-order valence-corrected chi connectivity index (χ3v) is 4.21. The van der Waals surface area contributed by atoms with E-state index < -0.39 is 5.82 Å². The van der Waals surface area contributed by atoms with Gasteiger partial charge in [0.25, 0.3) is 0 Å². The van der Waals surface area contributed by atoms with Crippen molar-refractivity contribution < 1.29 is 18.7 Å². The van der Waals surface area contributed by atoms with Gasteiger partial charge in [0.05, 0.1) is 19.5 Å². The monoisotopic (exact) mass is 360 g/mol. The minimum atomic E-state index is -0.493. The van der Waals surface area contributed by atoms with Crippen molar-refractivity contribution in [3.63, 3.8) is 0 Å². The predicted molar refractivity (Wildman–Crippen MR) is 93.8 cm³/mol. The number of ether oxygens (including phenoxy) is 2. The summed E-state index contributed by atoms with van der Waals surface area (Å²) >= 11 is 0. The highest BCUT2D eigenvalue weighted by Crippen LogP contribution is 2.22. The molecular weight excluding hydrogens is 339 g/mol. The van der Waals surface area contributed by atoms with E-state index in [9.17, 15) is 9.18 Å². The van der Waals surface area contributed by atoms with E-state index in [-0.39, 0.29) is 24.2 Å². The molecule has 2 aromatic rings. The van der Waals surface area contributed by atoms with Crippen molar-refractivity contribution in [2.75, 3.05) is 12.4 Å². The Balaban J connectivity index is 1.43. The molecule has 0 bridgehead atoms. The van der Waals surface area contributed by atoms with E-state index in [2.05, 4.69) is 20.6 Å². The zero-order chi connectivity index (χ0) is 18.4. The molecule has 0 spiro atoms. The van der Waals surface area contributed by atoms with Crippen molar-refractivity contribution in [3.05, 3.63) is 42.5 Å². The van der Waals surface area contributed by atoms with Gasteiger partial charge in [-0.05, 0) is 37.8 Å². The summed E-state index contributed by atoms with van der Waals surface area (Å²) in [7, 11) is 1.58. The van der Waals surface area contributed by atoms with Crippen LogP contribution in [0, 0.1) is 5.82 Å². The lowest BCUT2D eigenvalue weighted by Gasteiger charge is -2.28. The quantitative estimate of drug-likeness (QED) is 0.856. The summed E-state index contributed by atoms with van der Waals surface area (Å²) in [5.41, 5.74) is 0.673. The number of nitrogens with one attached hydrogen (secondary N) is 2. The maximum atomic E-state index is 12.8. The molecule has 1 aliphatic carbocycles. The van der Waals surface area contributed by atoms with E-state index in [0.717, 1.165) is 38.1 Å². The van der Waals surface area contributed by atoms with Crippen molar-refractivity contribution in [2.45, 2.75) is 37.8 Å². The lowest BCUT2D eigenvalue weighted by molar-refractivity contribution is 0.129. The summed E-state index contributed by atoms with van der Waals surface area (Å²) in [4.78, 5) is 19.7. The molecular formula is C18H21FN4O3. The summed E-state index contributed by atoms with van der Waals surface area (Å²) in [6, 6.07) is 7.20. The maximum Gasteiger partial charge on any atom is 0.319 e. The number of nitrogens with zero attached hydrogens (tertiary/aromatic N) is 2. The van der Waals surface area contributed by atoms with Crippen LogP contribution in [0.5, 0.6) is 11.8 Å². The van der Waals surface area contributed by atoms with E-state index in [0.29, 0.717) is 11.4 Å². The SMILES string of the molecule is COc1cccc(NC(=O)NC2CCC(Oc3ncc(F)cn3)CC2)c1. The van der Waals surface area contributed by atoms with Crippen molar-refractivity contribution in [2.24, 2.45) is 0 Å². The number of hydrogen-bond donors (Lipinski definition) is 2. The number of benzene rings is 1. The molecule has 0 saturated heterocycles. The Morgan fingerprint density at radius 2 is 1.92 bits per heavy atom. The summed E-state index contributed by atoms with van der Waals surface area (Å²) < 4.78 is 23.6. The highest BCUT2D eigenvalue weighted by Gasteiger charge is 2.24. The smallest absolute Gasteiger partial charge is 0.319 e. The van der Waals surface area contributed by atoms with Crippen molar-refractivity contribution in [1.82, 2.24) is 15.3 Å². The van der Waals surface area contributed by atoms with E-state index >= 15 is 0 Å². The molecule has 1 fully saturated rings. The Labute approximate surface area is 150 Å². The molecule has 26 heavy (non-hydrogen) atoms. The average Bonchev–Trinajstić information content (AvgIpc) is 2.65. The van der Waals surface area contributed by atoms with Crippen molar-refractivity contribution in [1.29, 1.82) is 0 Å². The Hall–Kier alpha value is -2.90. The fourth-order valence-electron chi connectivity index (χ4n) is 2.89. The van der Waals surface area contributed by atoms with Crippen LogP contribution < -0.4 is 20.1 Å². The standard InChI is InChI=1S/C18H21FN4O3/c1-25-16-4-2-3-14(9-16)23-17(24)22-13-5-7-15(8-6-13)26-18-20-10-12(19)11-21-18/h2-4,9-11,13,15H,5-8H2,1H3,(H2,22,23,24). The fourth-order valence-corrected chi connectivity index (χ4v) is 2.89. The lowest BCUT2D eigenvalue weighted by Crippen LogP contribution is -2.41. The van der Waals surface area contributed by atoms with Gasteiger partial charge in [-0.25, -0.2) is 19.2 Å². The van der Waals surface area contributed by atoms with Gasteiger partial charge in [0.15, 0.2) is 5.82 Å². The molecule has 2 N–H and O–H groups in total. The van der Waals surface area contributed by atoms with Gasteiger partial charge in [-0.2, -0.15) is 0 Å². The van der Waals surface area contributed by atoms with Crippen LogP contribution in [0.1, 0.15) is 25.7 Å². The molecule has 0 radical (unpaired) electrons. The second-order valence-electron chi connectivity index (χ2n) is 6.11. The van der Waals surface area contributed by atoms with Crippen molar-refractivity contribution >= 4 is 11.7 Å². The molecule has 1 heterocycles. The van der Waals surface area contributed by atoms with Crippen LogP contribution in [-0.4, -0.2) is 35.3 Å². The summed E-state index contributed by atoms with van der Waals surface area (Å²) in [6.07, 6.45) is 5.25. The Morgan fingerprint density at radius 1 is 1.19 bits per heavy atom. The lowest BCUT2D eigenvalue weighted by atomic mass is 9.93. The molecule has 2 amide bonds. The number of amides is 2. The van der Waals surface area contributed by atoms with Crippen LogP contribution in [0.3, 0.4) is 0 Å². The van der Waals surface area contributed by atoms with Gasteiger partial charge in [0.2, 0.25) is 0 Å². The molecule has 7 nitrogen and oxygen atoms in total. The second kappa shape index (κ2) is 8.46. The van der Waals surface area contributed by atoms with Gasteiger partial charge in [-0.3, -0.25) is 0 Å². The van der Waals surface area contributed by atoms with Crippen LogP contribution >= 0.6 is 0 Å². The van der Waals surface area contributed by atoms with Gasteiger partial charge < -0.3 is 20.1 Å². The van der Waals surface area contributed by atoms with Crippen molar-refractivity contribution in [3.8, 4) is 11.8 Å². The molecule has 1 aromatic carbocycles. The largest absolute Gasteiger partial charge is 0.497 e. The molecule has 3 rings (SSSR count). The Kier molecular flexibility index (Phi) is 5.83. The number of anilines is 1. The van der Waals surface area contributed by atoms with E-state index in [1.807, 2.05) is 12.1 Å². The number of aromatic nitrogens is 2. The summed E-state index contributed by atoms with van der Waals surface area (Å²) in [6.45, 7) is 0. The number of urea groups is 1. The van der Waals surface area contributed by atoms with Gasteiger partial charge in [0.1, 0.15) is 11.9 Å². The number of methoxy groups -OCH3 is 1.